The molecule has 0 spiro atoms. The van der Waals surface area contributed by atoms with Crippen molar-refractivity contribution in [1.29, 1.82) is 0 Å². The Balaban J connectivity index is 3.22. The Morgan fingerprint density at radius 3 is 2.50 bits per heavy atom. The molecule has 0 unspecified atom stereocenters. The molecule has 0 fully saturated rings. The van der Waals surface area contributed by atoms with E-state index < -0.39 is 5.60 Å². The van der Waals surface area contributed by atoms with Crippen molar-refractivity contribution in [2.24, 2.45) is 0 Å². The molecule has 0 saturated heterocycles. The zero-order chi connectivity index (χ0) is 12.3. The Morgan fingerprint density at radius 2 is 2.00 bits per heavy atom. The number of hydrogen-bond acceptors (Lipinski definition) is 2. The molecule has 1 aromatic heterocycles. The zero-order valence-electron chi connectivity index (χ0n) is 10.6. The van der Waals surface area contributed by atoms with Crippen molar-refractivity contribution in [2.75, 3.05) is 0 Å². The fourth-order valence-electron chi connectivity index (χ4n) is 1.73. The molecular formula is C13H21NO2. The van der Waals surface area contributed by atoms with E-state index in [1.807, 2.05) is 13.0 Å². The molecule has 16 heavy (non-hydrogen) atoms. The first-order valence-electron chi connectivity index (χ1n) is 5.81. The average molecular weight is 223 g/mol. The minimum Gasteiger partial charge on any atom is -0.386 e. The van der Waals surface area contributed by atoms with Crippen LogP contribution in [0.25, 0.3) is 0 Å². The number of hydrogen-bond donors (Lipinski definition) is 1. The highest BCUT2D eigenvalue weighted by Crippen LogP contribution is 2.16. The molecular weight excluding hydrogens is 202 g/mol. The lowest BCUT2D eigenvalue weighted by Gasteiger charge is -2.19. The average Bonchev–Trinajstić information content (AvgIpc) is 2.15. The van der Waals surface area contributed by atoms with Crippen LogP contribution >= 0.6 is 0 Å². The molecule has 0 saturated carbocycles. The van der Waals surface area contributed by atoms with Crippen LogP contribution < -0.4 is 5.56 Å². The van der Waals surface area contributed by atoms with Crippen molar-refractivity contribution in [3.05, 3.63) is 33.7 Å². The van der Waals surface area contributed by atoms with E-state index >= 15 is 0 Å². The fraction of sp³-hybridized carbons (Fsp3) is 0.615. The minimum atomic E-state index is -1.07. The van der Waals surface area contributed by atoms with Gasteiger partial charge in [-0.1, -0.05) is 13.3 Å². The maximum absolute atomic E-state index is 12.1. The second kappa shape index (κ2) is 4.83. The molecule has 1 N–H and O–H groups in total. The zero-order valence-corrected chi connectivity index (χ0v) is 10.6. The molecule has 1 heterocycles. The molecule has 90 valence electrons. The standard InChI is InChI=1S/C13H21NO2/c1-5-6-9-14-10(2)7-8-11(12(14)15)13(3,4)16/h7-8,16H,5-6,9H2,1-4H3. The highest BCUT2D eigenvalue weighted by atomic mass is 16.3. The van der Waals surface area contributed by atoms with E-state index in [1.54, 1.807) is 24.5 Å². The summed E-state index contributed by atoms with van der Waals surface area (Å²) in [5.41, 5.74) is 0.278. The lowest BCUT2D eigenvalue weighted by atomic mass is 9.99. The first kappa shape index (κ1) is 13.0. The molecule has 3 nitrogen and oxygen atoms in total. The van der Waals surface area contributed by atoms with Crippen LogP contribution in [0.3, 0.4) is 0 Å². The van der Waals surface area contributed by atoms with Crippen LogP contribution in [0.5, 0.6) is 0 Å². The molecule has 0 radical (unpaired) electrons. The molecule has 0 aliphatic rings. The van der Waals surface area contributed by atoms with Crippen molar-refractivity contribution < 1.29 is 5.11 Å². The Morgan fingerprint density at radius 1 is 1.38 bits per heavy atom. The predicted octanol–water partition coefficient (Wildman–Crippen LogP) is 2.18. The molecule has 1 rings (SSSR count). The number of rotatable bonds is 4. The predicted molar refractivity (Wildman–Crippen MR) is 65.6 cm³/mol. The lowest BCUT2D eigenvalue weighted by Crippen LogP contribution is -2.32. The van der Waals surface area contributed by atoms with Gasteiger partial charge >= 0.3 is 0 Å². The van der Waals surface area contributed by atoms with Crippen LogP contribution in [0.15, 0.2) is 16.9 Å². The van der Waals surface area contributed by atoms with Gasteiger partial charge in [-0.3, -0.25) is 4.79 Å². The van der Waals surface area contributed by atoms with E-state index in [0.29, 0.717) is 5.56 Å². The van der Waals surface area contributed by atoms with Gasteiger partial charge in [-0.25, -0.2) is 0 Å². The summed E-state index contributed by atoms with van der Waals surface area (Å²) in [5.74, 6) is 0. The van der Waals surface area contributed by atoms with Gasteiger partial charge in [0.05, 0.1) is 5.60 Å². The molecule has 0 bridgehead atoms. The van der Waals surface area contributed by atoms with E-state index in [1.165, 1.54) is 0 Å². The maximum Gasteiger partial charge on any atom is 0.256 e. The second-order valence-electron chi connectivity index (χ2n) is 4.76. The Bertz CT molecular complexity index is 413. The molecule has 0 aliphatic heterocycles. The van der Waals surface area contributed by atoms with Crippen molar-refractivity contribution >= 4 is 0 Å². The van der Waals surface area contributed by atoms with Gasteiger partial charge in [-0.2, -0.15) is 0 Å². The van der Waals surface area contributed by atoms with Crippen LogP contribution in [-0.4, -0.2) is 9.67 Å². The number of aromatic nitrogens is 1. The van der Waals surface area contributed by atoms with E-state index in [2.05, 4.69) is 6.92 Å². The highest BCUT2D eigenvalue weighted by Gasteiger charge is 2.21. The van der Waals surface area contributed by atoms with Crippen LogP contribution in [0, 0.1) is 6.92 Å². The van der Waals surface area contributed by atoms with Crippen molar-refractivity contribution in [2.45, 2.75) is 52.7 Å². The van der Waals surface area contributed by atoms with Gasteiger partial charge in [-0.05, 0) is 39.3 Å². The topological polar surface area (TPSA) is 42.2 Å². The quantitative estimate of drug-likeness (QED) is 0.850. The summed E-state index contributed by atoms with van der Waals surface area (Å²) >= 11 is 0. The molecule has 0 atom stereocenters. The van der Waals surface area contributed by atoms with E-state index in [0.717, 1.165) is 25.1 Å². The van der Waals surface area contributed by atoms with Gasteiger partial charge in [-0.15, -0.1) is 0 Å². The van der Waals surface area contributed by atoms with Crippen LogP contribution in [-0.2, 0) is 12.1 Å². The Labute approximate surface area is 96.7 Å². The van der Waals surface area contributed by atoms with Crippen molar-refractivity contribution in [3.8, 4) is 0 Å². The Hall–Kier alpha value is -1.09. The van der Waals surface area contributed by atoms with Gasteiger partial charge in [0.15, 0.2) is 0 Å². The number of nitrogens with zero attached hydrogens (tertiary/aromatic N) is 1. The summed E-state index contributed by atoms with van der Waals surface area (Å²) in [6, 6.07) is 3.62. The van der Waals surface area contributed by atoms with E-state index in [9.17, 15) is 9.90 Å². The second-order valence-corrected chi connectivity index (χ2v) is 4.76. The SMILES string of the molecule is CCCCn1c(C)ccc(C(C)(C)O)c1=O. The smallest absolute Gasteiger partial charge is 0.256 e. The van der Waals surface area contributed by atoms with Gasteiger partial charge in [0, 0.05) is 17.8 Å². The monoisotopic (exact) mass is 223 g/mol. The maximum atomic E-state index is 12.1. The van der Waals surface area contributed by atoms with Crippen LogP contribution in [0.1, 0.15) is 44.9 Å². The minimum absolute atomic E-state index is 0.0686. The number of pyridine rings is 1. The van der Waals surface area contributed by atoms with Gasteiger partial charge < -0.3 is 9.67 Å². The van der Waals surface area contributed by atoms with E-state index in [4.69, 9.17) is 0 Å². The summed E-state index contributed by atoms with van der Waals surface area (Å²) in [6.45, 7) is 8.03. The third-order valence-electron chi connectivity index (χ3n) is 2.79. The molecule has 3 heteroatoms. The lowest BCUT2D eigenvalue weighted by molar-refractivity contribution is 0.0764. The third-order valence-corrected chi connectivity index (χ3v) is 2.79. The van der Waals surface area contributed by atoms with Crippen LogP contribution in [0.4, 0.5) is 0 Å². The summed E-state index contributed by atoms with van der Waals surface area (Å²) in [7, 11) is 0. The number of unbranched alkanes of at least 4 members (excludes halogenated alkanes) is 1. The molecule has 0 aromatic carbocycles. The first-order valence-corrected chi connectivity index (χ1v) is 5.81. The van der Waals surface area contributed by atoms with E-state index in [-0.39, 0.29) is 5.56 Å². The van der Waals surface area contributed by atoms with Crippen molar-refractivity contribution in [3.63, 3.8) is 0 Å². The van der Waals surface area contributed by atoms with Crippen LogP contribution in [0.2, 0.25) is 0 Å². The third kappa shape index (κ3) is 2.73. The summed E-state index contributed by atoms with van der Waals surface area (Å²) in [5, 5.41) is 9.90. The van der Waals surface area contributed by atoms with Gasteiger partial charge in [0.2, 0.25) is 0 Å². The fourth-order valence-corrected chi connectivity index (χ4v) is 1.73. The van der Waals surface area contributed by atoms with Gasteiger partial charge in [0.25, 0.3) is 5.56 Å². The summed E-state index contributed by atoms with van der Waals surface area (Å²) < 4.78 is 1.75. The normalized spacial score (nSPS) is 11.8. The molecule has 0 amide bonds. The largest absolute Gasteiger partial charge is 0.386 e. The Kier molecular flexibility index (Phi) is 3.92. The number of aryl methyl sites for hydroxylation is 1. The first-order chi connectivity index (χ1) is 7.38. The highest BCUT2D eigenvalue weighted by molar-refractivity contribution is 5.20. The molecule has 0 aliphatic carbocycles. The van der Waals surface area contributed by atoms with Gasteiger partial charge in [0.1, 0.15) is 0 Å². The summed E-state index contributed by atoms with van der Waals surface area (Å²) in [6.07, 6.45) is 2.04. The summed E-state index contributed by atoms with van der Waals surface area (Å²) in [4.78, 5) is 12.1. The number of aliphatic hydroxyl groups is 1. The van der Waals surface area contributed by atoms with Crippen molar-refractivity contribution in [1.82, 2.24) is 4.57 Å². The molecule has 1 aromatic rings.